The molecule has 4 heteroatoms. The second-order valence-electron chi connectivity index (χ2n) is 5.26. The van der Waals surface area contributed by atoms with Gasteiger partial charge in [-0.15, -0.1) is 0 Å². The summed E-state index contributed by atoms with van der Waals surface area (Å²) in [6, 6.07) is 0. The molecule has 0 aromatic heterocycles. The molecule has 1 heterocycles. The Bertz CT molecular complexity index is 447. The van der Waals surface area contributed by atoms with Crippen molar-refractivity contribution in [1.29, 1.82) is 0 Å². The van der Waals surface area contributed by atoms with Crippen LogP contribution in [-0.4, -0.2) is 35.0 Å². The number of rotatable bonds is 1. The van der Waals surface area contributed by atoms with Crippen LogP contribution in [0.15, 0.2) is 35.5 Å². The second-order valence-corrected chi connectivity index (χ2v) is 5.26. The van der Waals surface area contributed by atoms with Crippen molar-refractivity contribution < 1.29 is 19.7 Å². The minimum absolute atomic E-state index is 0.0807. The van der Waals surface area contributed by atoms with Gasteiger partial charge in [-0.2, -0.15) is 0 Å². The number of carbonyl (C=O) groups is 1. The third-order valence-corrected chi connectivity index (χ3v) is 3.78. The molecule has 0 aromatic carbocycles. The summed E-state index contributed by atoms with van der Waals surface area (Å²) in [4.78, 5) is 11.6. The van der Waals surface area contributed by atoms with Gasteiger partial charge in [-0.05, 0) is 25.3 Å². The van der Waals surface area contributed by atoms with E-state index in [9.17, 15) is 15.0 Å². The lowest BCUT2D eigenvalue weighted by Crippen LogP contribution is -2.29. The van der Waals surface area contributed by atoms with E-state index in [1.54, 1.807) is 6.08 Å². The van der Waals surface area contributed by atoms with Crippen LogP contribution < -0.4 is 0 Å². The molecule has 0 radical (unpaired) electrons. The van der Waals surface area contributed by atoms with Crippen molar-refractivity contribution in [2.75, 3.05) is 6.61 Å². The highest BCUT2D eigenvalue weighted by Crippen LogP contribution is 2.34. The fraction of sp³-hybridized carbons (Fsp3) is 0.533. The topological polar surface area (TPSA) is 66.8 Å². The van der Waals surface area contributed by atoms with Crippen LogP contribution in [0.3, 0.4) is 0 Å². The van der Waals surface area contributed by atoms with E-state index in [-0.39, 0.29) is 12.7 Å². The number of fused-ring (bicyclic) bond motifs is 1. The first kappa shape index (κ1) is 14.0. The number of aliphatic hydroxyl groups excluding tert-OH is 2. The Balaban J connectivity index is 2.33. The predicted octanol–water partition coefficient (Wildman–Crippen LogP) is 1.49. The Labute approximate surface area is 113 Å². The van der Waals surface area contributed by atoms with Crippen molar-refractivity contribution in [2.24, 2.45) is 5.92 Å². The van der Waals surface area contributed by atoms with Gasteiger partial charge in [0.25, 0.3) is 0 Å². The van der Waals surface area contributed by atoms with Gasteiger partial charge < -0.3 is 14.9 Å². The average molecular weight is 264 g/mol. The van der Waals surface area contributed by atoms with Gasteiger partial charge >= 0.3 is 5.97 Å². The van der Waals surface area contributed by atoms with Crippen molar-refractivity contribution in [1.82, 2.24) is 0 Å². The van der Waals surface area contributed by atoms with E-state index in [1.165, 1.54) is 0 Å². The number of hydrogen-bond acceptors (Lipinski definition) is 4. The summed E-state index contributed by atoms with van der Waals surface area (Å²) < 4.78 is 5.29. The van der Waals surface area contributed by atoms with E-state index in [1.807, 2.05) is 6.92 Å². The molecule has 19 heavy (non-hydrogen) atoms. The van der Waals surface area contributed by atoms with Crippen LogP contribution in [0.2, 0.25) is 0 Å². The minimum atomic E-state index is -0.836. The molecule has 1 aliphatic carbocycles. The maximum Gasteiger partial charge on any atom is 0.334 e. The molecule has 3 unspecified atom stereocenters. The monoisotopic (exact) mass is 264 g/mol. The summed E-state index contributed by atoms with van der Waals surface area (Å²) in [6.07, 6.45) is 4.68. The summed E-state index contributed by atoms with van der Waals surface area (Å²) in [7, 11) is 0. The Morgan fingerprint density at radius 2 is 2.26 bits per heavy atom. The van der Waals surface area contributed by atoms with Gasteiger partial charge in [-0.25, -0.2) is 4.79 Å². The van der Waals surface area contributed by atoms with Crippen LogP contribution in [0.25, 0.3) is 0 Å². The minimum Gasteiger partial charge on any atom is -0.458 e. The molecule has 4 nitrogen and oxygen atoms in total. The zero-order valence-corrected chi connectivity index (χ0v) is 11.1. The van der Waals surface area contributed by atoms with Gasteiger partial charge in [0.15, 0.2) is 0 Å². The fourth-order valence-corrected chi connectivity index (χ4v) is 2.71. The molecular formula is C15H20O4. The Hall–Kier alpha value is -1.39. The fourth-order valence-electron chi connectivity index (χ4n) is 2.71. The number of ether oxygens (including phenoxy) is 1. The van der Waals surface area contributed by atoms with Crippen LogP contribution in [0.4, 0.5) is 0 Å². The van der Waals surface area contributed by atoms with Crippen molar-refractivity contribution >= 4 is 5.97 Å². The smallest absolute Gasteiger partial charge is 0.334 e. The van der Waals surface area contributed by atoms with Gasteiger partial charge in [-0.1, -0.05) is 24.3 Å². The molecule has 0 spiro atoms. The van der Waals surface area contributed by atoms with E-state index in [2.05, 4.69) is 12.7 Å². The lowest BCUT2D eigenvalue weighted by atomic mass is 9.86. The molecule has 3 atom stereocenters. The van der Waals surface area contributed by atoms with Crippen molar-refractivity contribution in [2.45, 2.75) is 38.4 Å². The van der Waals surface area contributed by atoms with Gasteiger partial charge in [0, 0.05) is 12.0 Å². The summed E-state index contributed by atoms with van der Waals surface area (Å²) in [5.41, 5.74) is 2.23. The first-order valence-electron chi connectivity index (χ1n) is 6.57. The lowest BCUT2D eigenvalue weighted by Gasteiger charge is -2.23. The number of aliphatic hydroxyl groups is 2. The number of carbonyl (C=O) groups excluding carboxylic acids is 1. The molecular weight excluding hydrogens is 244 g/mol. The number of hydrogen-bond donors (Lipinski definition) is 2. The summed E-state index contributed by atoms with van der Waals surface area (Å²) >= 11 is 0. The van der Waals surface area contributed by atoms with Crippen LogP contribution in [-0.2, 0) is 9.53 Å². The molecule has 0 bridgehead atoms. The third-order valence-electron chi connectivity index (χ3n) is 3.78. The average Bonchev–Trinajstić information content (AvgIpc) is 2.63. The molecule has 0 amide bonds. The number of allylic oxidation sites excluding steroid dienone is 1. The van der Waals surface area contributed by atoms with Crippen molar-refractivity contribution in [3.05, 3.63) is 35.5 Å². The SMILES string of the molecule is C=C1C(=O)OC2CC(C)=CCCC(CO)=CC(O)C12. The second kappa shape index (κ2) is 5.72. The number of esters is 1. The molecule has 1 fully saturated rings. The quantitative estimate of drug-likeness (QED) is 0.428. The van der Waals surface area contributed by atoms with E-state index in [4.69, 9.17) is 4.74 Å². The predicted molar refractivity (Wildman–Crippen MR) is 71.3 cm³/mol. The van der Waals surface area contributed by atoms with Crippen LogP contribution in [0, 0.1) is 5.92 Å². The lowest BCUT2D eigenvalue weighted by molar-refractivity contribution is -0.139. The highest BCUT2D eigenvalue weighted by Gasteiger charge is 2.42. The maximum atomic E-state index is 11.6. The first-order chi connectivity index (χ1) is 9.02. The van der Waals surface area contributed by atoms with Crippen LogP contribution >= 0.6 is 0 Å². The standard InChI is InChI=1S/C15H20O4/c1-9-4-3-5-11(8-16)7-12(17)14-10(2)15(18)19-13(14)6-9/h4,7,12-14,16-17H,2-3,5-6,8H2,1H3. The molecule has 104 valence electrons. The summed E-state index contributed by atoms with van der Waals surface area (Å²) in [5.74, 6) is -0.851. The Kier molecular flexibility index (Phi) is 4.22. The van der Waals surface area contributed by atoms with E-state index >= 15 is 0 Å². The highest BCUT2D eigenvalue weighted by atomic mass is 16.6. The molecule has 2 N–H and O–H groups in total. The summed E-state index contributed by atoms with van der Waals surface area (Å²) in [5, 5.41) is 19.6. The molecule has 2 aliphatic rings. The normalized spacial score (nSPS) is 32.3. The van der Waals surface area contributed by atoms with E-state index in [0.29, 0.717) is 18.4 Å². The molecule has 0 aromatic rings. The van der Waals surface area contributed by atoms with E-state index < -0.39 is 18.0 Å². The Morgan fingerprint density at radius 3 is 2.95 bits per heavy atom. The highest BCUT2D eigenvalue weighted by molar-refractivity contribution is 5.91. The van der Waals surface area contributed by atoms with Crippen LogP contribution in [0.5, 0.6) is 0 Å². The van der Waals surface area contributed by atoms with Crippen LogP contribution in [0.1, 0.15) is 26.2 Å². The van der Waals surface area contributed by atoms with E-state index in [0.717, 1.165) is 17.6 Å². The van der Waals surface area contributed by atoms with Crippen molar-refractivity contribution in [3.63, 3.8) is 0 Å². The van der Waals surface area contributed by atoms with Gasteiger partial charge in [0.05, 0.1) is 18.6 Å². The van der Waals surface area contributed by atoms with Gasteiger partial charge in [0.2, 0.25) is 0 Å². The zero-order valence-electron chi connectivity index (χ0n) is 11.1. The Morgan fingerprint density at radius 1 is 1.53 bits per heavy atom. The molecule has 0 saturated carbocycles. The largest absolute Gasteiger partial charge is 0.458 e. The molecule has 2 rings (SSSR count). The van der Waals surface area contributed by atoms with Gasteiger partial charge in [-0.3, -0.25) is 0 Å². The van der Waals surface area contributed by atoms with Gasteiger partial charge in [0.1, 0.15) is 6.10 Å². The third kappa shape index (κ3) is 2.96. The summed E-state index contributed by atoms with van der Waals surface area (Å²) in [6.45, 7) is 5.63. The maximum absolute atomic E-state index is 11.6. The van der Waals surface area contributed by atoms with Crippen molar-refractivity contribution in [3.8, 4) is 0 Å². The molecule has 1 aliphatic heterocycles. The molecule has 1 saturated heterocycles. The first-order valence-corrected chi connectivity index (χ1v) is 6.57. The zero-order chi connectivity index (χ0) is 14.0.